The van der Waals surface area contributed by atoms with Crippen molar-refractivity contribution in [3.8, 4) is 0 Å². The van der Waals surface area contributed by atoms with E-state index < -0.39 is 11.4 Å². The number of rotatable bonds is 4. The molecule has 1 aromatic rings. The molecular formula is C23H34N2O3. The Kier molecular flexibility index (Phi) is 6.27. The Bertz CT molecular complexity index is 882. The third-order valence-corrected chi connectivity index (χ3v) is 5.70. The number of hydrogen-bond acceptors (Lipinski definition) is 3. The van der Waals surface area contributed by atoms with Crippen LogP contribution in [0.2, 0.25) is 0 Å². The molecule has 0 amide bonds. The molecule has 2 rings (SSSR count). The molecule has 1 unspecified atom stereocenters. The van der Waals surface area contributed by atoms with Gasteiger partial charge >= 0.3 is 5.97 Å². The van der Waals surface area contributed by atoms with Gasteiger partial charge in [-0.05, 0) is 36.3 Å². The van der Waals surface area contributed by atoms with Crippen molar-refractivity contribution in [1.29, 1.82) is 0 Å². The van der Waals surface area contributed by atoms with E-state index in [-0.39, 0.29) is 17.0 Å². The van der Waals surface area contributed by atoms with Crippen molar-refractivity contribution < 1.29 is 9.90 Å². The normalized spacial score (nSPS) is 19.7. The second-order valence-electron chi connectivity index (χ2n) is 9.18. The van der Waals surface area contributed by atoms with Crippen LogP contribution in [0.3, 0.4) is 0 Å². The van der Waals surface area contributed by atoms with Gasteiger partial charge in [-0.25, -0.2) is 4.79 Å². The van der Waals surface area contributed by atoms with E-state index in [0.29, 0.717) is 5.92 Å². The maximum atomic E-state index is 12.5. The molecule has 5 heteroatoms. The van der Waals surface area contributed by atoms with Crippen molar-refractivity contribution in [3.05, 3.63) is 51.0 Å². The van der Waals surface area contributed by atoms with Crippen molar-refractivity contribution >= 4 is 11.7 Å². The molecule has 0 aromatic carbocycles. The predicted octanol–water partition coefficient (Wildman–Crippen LogP) is 4.80. The second-order valence-corrected chi connectivity index (χ2v) is 9.18. The first kappa shape index (κ1) is 22.0. The topological polar surface area (TPSA) is 62.5 Å². The summed E-state index contributed by atoms with van der Waals surface area (Å²) in [7, 11) is 2.04. The third-order valence-electron chi connectivity index (χ3n) is 5.70. The lowest BCUT2D eigenvalue weighted by Crippen LogP contribution is -2.42. The molecule has 0 radical (unpaired) electrons. The SMILES string of the molecule is CCC(C)=C(/C=C1/c2cc(=O)c(C(=O)O)cn2C(C(C)(C)C)CN1C)C(C)C. The molecule has 1 aromatic heterocycles. The number of carbonyl (C=O) groups is 1. The highest BCUT2D eigenvalue weighted by molar-refractivity contribution is 5.87. The van der Waals surface area contributed by atoms with Crippen LogP contribution in [0.1, 0.15) is 77.0 Å². The molecular weight excluding hydrogens is 352 g/mol. The minimum Gasteiger partial charge on any atom is -0.477 e. The van der Waals surface area contributed by atoms with Gasteiger partial charge < -0.3 is 14.6 Å². The summed E-state index contributed by atoms with van der Waals surface area (Å²) < 4.78 is 2.00. The molecule has 0 fully saturated rings. The van der Waals surface area contributed by atoms with Gasteiger partial charge in [-0.1, -0.05) is 47.1 Å². The highest BCUT2D eigenvalue weighted by Gasteiger charge is 2.35. The molecule has 2 heterocycles. The van der Waals surface area contributed by atoms with E-state index in [0.717, 1.165) is 24.4 Å². The van der Waals surface area contributed by atoms with Gasteiger partial charge in [0.05, 0.1) is 17.4 Å². The van der Waals surface area contributed by atoms with Crippen LogP contribution >= 0.6 is 0 Å². The summed E-state index contributed by atoms with van der Waals surface area (Å²) in [6.45, 7) is 15.8. The fraction of sp³-hybridized carbons (Fsp3) is 0.565. The zero-order valence-corrected chi connectivity index (χ0v) is 18.5. The van der Waals surface area contributed by atoms with Gasteiger partial charge in [0.25, 0.3) is 0 Å². The van der Waals surface area contributed by atoms with Crippen LogP contribution in [0.5, 0.6) is 0 Å². The Morgan fingerprint density at radius 2 is 1.96 bits per heavy atom. The van der Waals surface area contributed by atoms with Gasteiger partial charge in [-0.2, -0.15) is 0 Å². The number of likely N-dealkylation sites (N-methyl/N-ethyl adjacent to an activating group) is 1. The summed E-state index contributed by atoms with van der Waals surface area (Å²) in [5.74, 6) is -0.818. The van der Waals surface area contributed by atoms with Crippen LogP contribution < -0.4 is 5.43 Å². The molecule has 1 aliphatic rings. The summed E-state index contributed by atoms with van der Waals surface area (Å²) in [6, 6.07) is 1.55. The summed E-state index contributed by atoms with van der Waals surface area (Å²) in [6.07, 6.45) is 4.67. The fourth-order valence-electron chi connectivity index (χ4n) is 3.82. The molecule has 0 aliphatic carbocycles. The molecule has 1 atom stereocenters. The van der Waals surface area contributed by atoms with Gasteiger partial charge in [0.1, 0.15) is 5.56 Å². The van der Waals surface area contributed by atoms with E-state index in [1.807, 2.05) is 11.6 Å². The highest BCUT2D eigenvalue weighted by atomic mass is 16.4. The summed E-state index contributed by atoms with van der Waals surface area (Å²) in [4.78, 5) is 26.2. The first-order chi connectivity index (χ1) is 12.9. The largest absolute Gasteiger partial charge is 0.477 e. The van der Waals surface area contributed by atoms with Crippen LogP contribution in [-0.2, 0) is 0 Å². The standard InChI is InChI=1S/C23H34N2O3/c1-9-15(4)16(14(2)3)10-18-19-11-20(26)17(22(27)28)12-25(19)21(13-24(18)8)23(5,6)7/h10-12,14,21H,9,13H2,1-8H3,(H,27,28)/b16-15?,18-10-. The van der Waals surface area contributed by atoms with E-state index in [1.165, 1.54) is 23.4 Å². The molecule has 154 valence electrons. The zero-order chi connectivity index (χ0) is 21.4. The summed E-state index contributed by atoms with van der Waals surface area (Å²) >= 11 is 0. The van der Waals surface area contributed by atoms with Crippen LogP contribution in [-0.4, -0.2) is 34.1 Å². The molecule has 0 spiro atoms. The molecule has 0 bridgehead atoms. The first-order valence-electron chi connectivity index (χ1n) is 10.0. The lowest BCUT2D eigenvalue weighted by molar-refractivity contribution is 0.0693. The van der Waals surface area contributed by atoms with Crippen molar-refractivity contribution in [3.63, 3.8) is 0 Å². The van der Waals surface area contributed by atoms with Crippen molar-refractivity contribution in [2.75, 3.05) is 13.6 Å². The number of fused-ring (bicyclic) bond motifs is 1. The number of nitrogens with zero attached hydrogens (tertiary/aromatic N) is 2. The summed E-state index contributed by atoms with van der Waals surface area (Å²) in [5, 5.41) is 9.45. The predicted molar refractivity (Wildman–Crippen MR) is 115 cm³/mol. The van der Waals surface area contributed by atoms with E-state index in [2.05, 4.69) is 59.4 Å². The van der Waals surface area contributed by atoms with E-state index in [4.69, 9.17) is 0 Å². The monoisotopic (exact) mass is 386 g/mol. The number of aromatic nitrogens is 1. The van der Waals surface area contributed by atoms with Gasteiger partial charge in [0, 0.05) is 25.9 Å². The van der Waals surface area contributed by atoms with Crippen LogP contribution in [0, 0.1) is 11.3 Å². The maximum Gasteiger partial charge on any atom is 0.341 e. The number of carboxylic acids is 1. The Morgan fingerprint density at radius 3 is 2.43 bits per heavy atom. The number of hydrogen-bond donors (Lipinski definition) is 1. The van der Waals surface area contributed by atoms with Crippen molar-refractivity contribution in [1.82, 2.24) is 9.47 Å². The van der Waals surface area contributed by atoms with E-state index >= 15 is 0 Å². The maximum absolute atomic E-state index is 12.5. The minimum absolute atomic E-state index is 0.0575. The Morgan fingerprint density at radius 1 is 1.36 bits per heavy atom. The lowest BCUT2D eigenvalue weighted by atomic mass is 9.84. The number of pyridine rings is 1. The number of carboxylic acid groups (broad SMARTS) is 1. The highest BCUT2D eigenvalue weighted by Crippen LogP contribution is 2.39. The lowest BCUT2D eigenvalue weighted by Gasteiger charge is -2.43. The molecule has 0 saturated carbocycles. The van der Waals surface area contributed by atoms with E-state index in [9.17, 15) is 14.7 Å². The first-order valence-corrected chi connectivity index (χ1v) is 10.0. The van der Waals surface area contributed by atoms with Crippen LogP contribution in [0.4, 0.5) is 0 Å². The van der Waals surface area contributed by atoms with Gasteiger partial charge in [0.15, 0.2) is 5.43 Å². The average Bonchev–Trinajstić information content (AvgIpc) is 2.58. The zero-order valence-electron chi connectivity index (χ0n) is 18.5. The number of aromatic carboxylic acids is 1. The van der Waals surface area contributed by atoms with Gasteiger partial charge in [0.2, 0.25) is 0 Å². The minimum atomic E-state index is -1.18. The molecule has 28 heavy (non-hydrogen) atoms. The Balaban J connectivity index is 2.82. The van der Waals surface area contributed by atoms with Crippen molar-refractivity contribution in [2.24, 2.45) is 11.3 Å². The molecule has 1 aliphatic heterocycles. The fourth-order valence-corrected chi connectivity index (χ4v) is 3.82. The smallest absolute Gasteiger partial charge is 0.341 e. The average molecular weight is 387 g/mol. The van der Waals surface area contributed by atoms with E-state index in [1.54, 1.807) is 0 Å². The third kappa shape index (κ3) is 4.23. The van der Waals surface area contributed by atoms with Crippen LogP contribution in [0.25, 0.3) is 5.70 Å². The quantitative estimate of drug-likeness (QED) is 0.807. The van der Waals surface area contributed by atoms with Crippen LogP contribution in [0.15, 0.2) is 34.3 Å². The number of allylic oxidation sites excluding steroid dienone is 3. The molecule has 1 N–H and O–H groups in total. The second kappa shape index (κ2) is 7.98. The van der Waals surface area contributed by atoms with Gasteiger partial charge in [-0.15, -0.1) is 0 Å². The van der Waals surface area contributed by atoms with Gasteiger partial charge in [-0.3, -0.25) is 4.79 Å². The van der Waals surface area contributed by atoms with Crippen molar-refractivity contribution in [2.45, 2.75) is 60.9 Å². The molecule has 0 saturated heterocycles. The molecule has 5 nitrogen and oxygen atoms in total. The summed E-state index contributed by atoms with van der Waals surface area (Å²) in [5.41, 5.74) is 3.62. The Hall–Kier alpha value is -2.30. The Labute approximate surface area is 168 Å².